The molecule has 0 aliphatic carbocycles. The average molecular weight is 302 g/mol. The van der Waals surface area contributed by atoms with E-state index in [1.807, 2.05) is 0 Å². The van der Waals surface area contributed by atoms with Crippen LogP contribution in [0.5, 0.6) is 0 Å². The summed E-state index contributed by atoms with van der Waals surface area (Å²) in [6.45, 7) is 1.08. The Balaban J connectivity index is 2.83. The summed E-state index contributed by atoms with van der Waals surface area (Å²) in [4.78, 5) is 36.6. The molecule has 4 atom stereocenters. The smallest absolute Gasteiger partial charge is 0.248 e. The van der Waals surface area contributed by atoms with E-state index >= 15 is 0 Å². The first kappa shape index (κ1) is 17.3. The van der Waals surface area contributed by atoms with Gasteiger partial charge in [-0.2, -0.15) is 0 Å². The Morgan fingerprint density at radius 3 is 2.52 bits per heavy atom. The van der Waals surface area contributed by atoms with Gasteiger partial charge in [0.15, 0.2) is 0 Å². The average Bonchev–Trinajstić information content (AvgIpc) is 2.91. The fourth-order valence-corrected chi connectivity index (χ4v) is 2.24. The third-order valence-corrected chi connectivity index (χ3v) is 3.44. The molecular weight excluding hydrogens is 280 g/mol. The summed E-state index contributed by atoms with van der Waals surface area (Å²) >= 11 is 0. The fourth-order valence-electron chi connectivity index (χ4n) is 2.24. The molecule has 0 spiro atoms. The monoisotopic (exact) mass is 302 g/mol. The van der Waals surface area contributed by atoms with Gasteiger partial charge < -0.3 is 31.9 Å². The molecule has 0 bridgehead atoms. The number of aliphatic hydroxyl groups excluding tert-OH is 2. The fraction of sp³-hybridized carbons (Fsp3) is 0.750. The van der Waals surface area contributed by atoms with Gasteiger partial charge in [0.05, 0.1) is 12.7 Å². The van der Waals surface area contributed by atoms with Gasteiger partial charge in [-0.25, -0.2) is 0 Å². The molecule has 1 rings (SSSR count). The molecule has 1 aliphatic rings. The second-order valence-corrected chi connectivity index (χ2v) is 5.11. The van der Waals surface area contributed by atoms with Gasteiger partial charge in [-0.3, -0.25) is 14.4 Å². The first-order valence-electron chi connectivity index (χ1n) is 6.74. The second-order valence-electron chi connectivity index (χ2n) is 5.11. The Morgan fingerprint density at radius 2 is 2.05 bits per heavy atom. The van der Waals surface area contributed by atoms with E-state index in [-0.39, 0.29) is 0 Å². The molecule has 21 heavy (non-hydrogen) atoms. The lowest BCUT2D eigenvalue weighted by molar-refractivity contribution is -0.143. The molecule has 1 heterocycles. The lowest BCUT2D eigenvalue weighted by Gasteiger charge is -2.29. The van der Waals surface area contributed by atoms with Gasteiger partial charge in [-0.1, -0.05) is 0 Å². The van der Waals surface area contributed by atoms with Gasteiger partial charge in [0.25, 0.3) is 0 Å². The van der Waals surface area contributed by atoms with Crippen LogP contribution < -0.4 is 16.8 Å². The van der Waals surface area contributed by atoms with E-state index in [0.717, 1.165) is 0 Å². The van der Waals surface area contributed by atoms with E-state index in [2.05, 4.69) is 5.32 Å². The number of aliphatic hydroxyl groups is 2. The molecule has 0 aromatic rings. The minimum absolute atomic E-state index is 0.331. The van der Waals surface area contributed by atoms with Crippen LogP contribution in [0.3, 0.4) is 0 Å². The summed E-state index contributed by atoms with van der Waals surface area (Å²) < 4.78 is 0. The summed E-state index contributed by atoms with van der Waals surface area (Å²) in [5.41, 5.74) is 10.6. The van der Waals surface area contributed by atoms with Crippen molar-refractivity contribution in [3.8, 4) is 0 Å². The Hall–Kier alpha value is -1.71. The molecule has 0 saturated carbocycles. The van der Waals surface area contributed by atoms with Crippen molar-refractivity contribution in [2.24, 2.45) is 11.5 Å². The zero-order chi connectivity index (χ0) is 16.2. The van der Waals surface area contributed by atoms with Gasteiger partial charge in [0, 0.05) is 6.54 Å². The molecule has 0 aromatic carbocycles. The molecule has 1 aliphatic heterocycles. The first-order chi connectivity index (χ1) is 9.79. The third kappa shape index (κ3) is 4.13. The zero-order valence-corrected chi connectivity index (χ0v) is 11.9. The number of carbonyl (C=O) groups excluding carboxylic acids is 3. The molecule has 0 aromatic heterocycles. The maximum Gasteiger partial charge on any atom is 0.248 e. The standard InChI is InChI=1S/C12H22N4O5/c1-6(18)9(15-11(20)7(13)5-17)12(21)16-4-2-3-8(16)10(14)19/h6-9,17-18H,2-5,13H2,1H3,(H2,14,19)(H,15,20)/t6-,7+,8+,9+/m1/s1. The van der Waals surface area contributed by atoms with Crippen molar-refractivity contribution in [1.82, 2.24) is 10.2 Å². The molecule has 0 radical (unpaired) electrons. The van der Waals surface area contributed by atoms with Gasteiger partial charge in [0.1, 0.15) is 18.1 Å². The van der Waals surface area contributed by atoms with Crippen LogP contribution in [0.1, 0.15) is 19.8 Å². The number of hydrogen-bond acceptors (Lipinski definition) is 6. The topological polar surface area (TPSA) is 159 Å². The van der Waals surface area contributed by atoms with Gasteiger partial charge in [0.2, 0.25) is 17.7 Å². The van der Waals surface area contributed by atoms with Crippen molar-refractivity contribution < 1.29 is 24.6 Å². The van der Waals surface area contributed by atoms with Gasteiger partial charge >= 0.3 is 0 Å². The normalized spacial score (nSPS) is 22.5. The molecule has 9 heteroatoms. The summed E-state index contributed by atoms with van der Waals surface area (Å²) in [6.07, 6.45) is -0.102. The van der Waals surface area contributed by atoms with E-state index in [0.29, 0.717) is 19.4 Å². The van der Waals surface area contributed by atoms with Gasteiger partial charge in [-0.15, -0.1) is 0 Å². The van der Waals surface area contributed by atoms with Crippen molar-refractivity contribution in [3.05, 3.63) is 0 Å². The minimum atomic E-state index is -1.24. The number of nitrogens with two attached hydrogens (primary N) is 2. The highest BCUT2D eigenvalue weighted by Crippen LogP contribution is 2.18. The van der Waals surface area contributed by atoms with Crippen LogP contribution >= 0.6 is 0 Å². The zero-order valence-electron chi connectivity index (χ0n) is 11.9. The van der Waals surface area contributed by atoms with E-state index in [1.54, 1.807) is 0 Å². The van der Waals surface area contributed by atoms with Crippen LogP contribution in [0.15, 0.2) is 0 Å². The van der Waals surface area contributed by atoms with Crippen LogP contribution in [-0.2, 0) is 14.4 Å². The van der Waals surface area contributed by atoms with Crippen molar-refractivity contribution in [2.45, 2.75) is 44.0 Å². The lowest BCUT2D eigenvalue weighted by atomic mass is 10.1. The molecule has 1 fully saturated rings. The number of likely N-dealkylation sites (tertiary alicyclic amines) is 1. The SMILES string of the molecule is C[C@@H](O)[C@H](NC(=O)[C@@H](N)CO)C(=O)N1CCC[C@H]1C(N)=O. The summed E-state index contributed by atoms with van der Waals surface area (Å²) in [7, 11) is 0. The minimum Gasteiger partial charge on any atom is -0.394 e. The van der Waals surface area contributed by atoms with Crippen molar-refractivity contribution >= 4 is 17.7 Å². The summed E-state index contributed by atoms with van der Waals surface area (Å²) in [6, 6.07) is -3.17. The third-order valence-electron chi connectivity index (χ3n) is 3.44. The van der Waals surface area contributed by atoms with Crippen LogP contribution in [0.2, 0.25) is 0 Å². The van der Waals surface area contributed by atoms with E-state index in [1.165, 1.54) is 11.8 Å². The molecule has 1 saturated heterocycles. The summed E-state index contributed by atoms with van der Waals surface area (Å²) in [5.74, 6) is -1.97. The first-order valence-corrected chi connectivity index (χ1v) is 6.74. The quantitative estimate of drug-likeness (QED) is 0.345. The Kier molecular flexibility index (Phi) is 6.06. The Bertz CT molecular complexity index is 414. The summed E-state index contributed by atoms with van der Waals surface area (Å²) in [5, 5.41) is 20.8. The maximum absolute atomic E-state index is 12.4. The largest absolute Gasteiger partial charge is 0.394 e. The Labute approximate surface area is 122 Å². The Morgan fingerprint density at radius 1 is 1.43 bits per heavy atom. The highest BCUT2D eigenvalue weighted by Gasteiger charge is 2.38. The molecule has 0 unspecified atom stereocenters. The second kappa shape index (κ2) is 7.34. The molecular formula is C12H22N4O5. The molecule has 9 nitrogen and oxygen atoms in total. The van der Waals surface area contributed by atoms with E-state index in [9.17, 15) is 19.5 Å². The van der Waals surface area contributed by atoms with Crippen LogP contribution in [-0.4, -0.2) is 70.2 Å². The number of amides is 3. The highest BCUT2D eigenvalue weighted by molar-refractivity contribution is 5.93. The van der Waals surface area contributed by atoms with Crippen molar-refractivity contribution in [1.29, 1.82) is 0 Å². The predicted molar refractivity (Wildman–Crippen MR) is 72.6 cm³/mol. The number of rotatable bonds is 6. The number of primary amides is 1. The lowest BCUT2D eigenvalue weighted by Crippen LogP contribution is -2.59. The van der Waals surface area contributed by atoms with Crippen LogP contribution in [0.25, 0.3) is 0 Å². The van der Waals surface area contributed by atoms with E-state index < -0.39 is 48.6 Å². The van der Waals surface area contributed by atoms with E-state index in [4.69, 9.17) is 16.6 Å². The molecule has 3 amide bonds. The van der Waals surface area contributed by atoms with Crippen LogP contribution in [0, 0.1) is 0 Å². The number of nitrogens with one attached hydrogen (secondary N) is 1. The maximum atomic E-state index is 12.4. The number of hydrogen-bond donors (Lipinski definition) is 5. The molecule has 120 valence electrons. The van der Waals surface area contributed by atoms with Crippen LogP contribution in [0.4, 0.5) is 0 Å². The number of nitrogens with zero attached hydrogens (tertiary/aromatic N) is 1. The highest BCUT2D eigenvalue weighted by atomic mass is 16.3. The number of carbonyl (C=O) groups is 3. The van der Waals surface area contributed by atoms with Crippen molar-refractivity contribution in [2.75, 3.05) is 13.2 Å². The van der Waals surface area contributed by atoms with Crippen molar-refractivity contribution in [3.63, 3.8) is 0 Å². The van der Waals surface area contributed by atoms with Gasteiger partial charge in [-0.05, 0) is 19.8 Å². The molecule has 7 N–H and O–H groups in total. The predicted octanol–water partition coefficient (Wildman–Crippen LogP) is -3.35.